The Bertz CT molecular complexity index is 1120. The zero-order valence-corrected chi connectivity index (χ0v) is 15.6. The molecule has 0 spiro atoms. The van der Waals surface area contributed by atoms with Gasteiger partial charge in [-0.1, -0.05) is 48.5 Å². The van der Waals surface area contributed by atoms with Crippen molar-refractivity contribution in [3.8, 4) is 5.75 Å². The molecule has 0 aliphatic heterocycles. The number of benzene rings is 3. The Balaban J connectivity index is 2.09. The van der Waals surface area contributed by atoms with Crippen LogP contribution in [0.2, 0.25) is 0 Å². The fourth-order valence-electron chi connectivity index (χ4n) is 3.07. The third-order valence-corrected chi connectivity index (χ3v) is 4.88. The molecule has 0 bridgehead atoms. The largest absolute Gasteiger partial charge is 0.459 e. The van der Waals surface area contributed by atoms with Crippen molar-refractivity contribution in [3.63, 3.8) is 0 Å². The normalized spacial score (nSPS) is 11.6. The van der Waals surface area contributed by atoms with Crippen LogP contribution in [0.1, 0.15) is 10.4 Å². The number of fused-ring (bicyclic) bond motifs is 3. The van der Waals surface area contributed by atoms with Gasteiger partial charge in [0.15, 0.2) is 0 Å². The number of carbonyl (C=O) groups is 1. The highest BCUT2D eigenvalue weighted by atomic mass is 32.9. The van der Waals surface area contributed by atoms with Crippen LogP contribution >= 0.6 is 18.4 Å². The molecule has 1 atom stereocenters. The minimum absolute atomic E-state index is 0.101. The molecule has 3 nitrogen and oxygen atoms in total. The molecule has 25 heavy (non-hydrogen) atoms. The molecule has 1 unspecified atom stereocenters. The van der Waals surface area contributed by atoms with Gasteiger partial charge in [0.05, 0.1) is 5.52 Å². The fourth-order valence-corrected chi connectivity index (χ4v) is 3.89. The summed E-state index contributed by atoms with van der Waals surface area (Å²) in [6.07, 6.45) is -1.31. The van der Waals surface area contributed by atoms with Gasteiger partial charge in [-0.2, -0.15) is 0 Å². The van der Waals surface area contributed by atoms with Crippen molar-refractivity contribution in [1.82, 2.24) is 4.57 Å². The van der Waals surface area contributed by atoms with Gasteiger partial charge in [-0.3, -0.25) is 13.9 Å². The van der Waals surface area contributed by atoms with E-state index in [1.165, 1.54) is 0 Å². The Kier molecular flexibility index (Phi) is 4.30. The smallest absolute Gasteiger partial charge is 0.272 e. The van der Waals surface area contributed by atoms with Crippen molar-refractivity contribution in [1.29, 1.82) is 0 Å². The average molecular weight is 382 g/mol. The van der Waals surface area contributed by atoms with Crippen LogP contribution in [0.25, 0.3) is 21.8 Å². The molecule has 0 amide bonds. The van der Waals surface area contributed by atoms with E-state index in [4.69, 9.17) is 16.3 Å². The summed E-state index contributed by atoms with van der Waals surface area (Å²) in [6.45, 7) is 0. The molecule has 6 heteroatoms. The van der Waals surface area contributed by atoms with Gasteiger partial charge in [0.1, 0.15) is 17.8 Å². The third kappa shape index (κ3) is 2.85. The van der Waals surface area contributed by atoms with E-state index in [1.54, 1.807) is 4.57 Å². The van der Waals surface area contributed by atoms with E-state index in [2.05, 4.69) is 12.2 Å². The van der Waals surface area contributed by atoms with Crippen molar-refractivity contribution in [2.45, 2.75) is 0 Å². The minimum atomic E-state index is -1.31. The van der Waals surface area contributed by atoms with Gasteiger partial charge < -0.3 is 0 Å². The zero-order chi connectivity index (χ0) is 17.4. The second kappa shape index (κ2) is 6.60. The Morgan fingerprint density at radius 3 is 2.36 bits per heavy atom. The van der Waals surface area contributed by atoms with Gasteiger partial charge in [-0.15, -0.1) is 0 Å². The lowest BCUT2D eigenvalue weighted by molar-refractivity contribution is 0.0969. The van der Waals surface area contributed by atoms with Crippen LogP contribution in [0.4, 0.5) is 0 Å². The molecule has 3 aromatic carbocycles. The van der Waals surface area contributed by atoms with E-state index in [9.17, 15) is 4.79 Å². The standard InChI is InChI=1S/C19H12NO2PS2/c21-19(13-7-2-1-3-8-13)20-16-11-5-4-9-14(16)15-10-6-12-17(18(15)20)22-23(24)25/h1-12H/p+1. The minimum Gasteiger partial charge on any atom is -0.272 e. The van der Waals surface area contributed by atoms with Crippen molar-refractivity contribution in [3.05, 3.63) is 78.4 Å². The highest BCUT2D eigenvalue weighted by Gasteiger charge is 2.22. The van der Waals surface area contributed by atoms with Gasteiger partial charge in [0, 0.05) is 16.3 Å². The predicted octanol–water partition coefficient (Wildman–Crippen LogP) is 5.57. The van der Waals surface area contributed by atoms with Crippen LogP contribution in [0.15, 0.2) is 72.8 Å². The first-order valence-corrected chi connectivity index (χ1v) is 11.1. The molecule has 0 saturated carbocycles. The van der Waals surface area contributed by atoms with Crippen LogP contribution in [0, 0.1) is 0 Å². The number of aromatic nitrogens is 1. The van der Waals surface area contributed by atoms with Crippen molar-refractivity contribution in [2.75, 3.05) is 0 Å². The molecule has 4 aromatic rings. The summed E-state index contributed by atoms with van der Waals surface area (Å²) in [7, 11) is 0. The SMILES string of the molecule is O=C(c1ccccc1)n1c2ccccc2c2cccc(O[P+](=S)S)c21. The lowest BCUT2D eigenvalue weighted by Crippen LogP contribution is -2.11. The number of carbonyl (C=O) groups excluding carboxylic acids is 1. The first-order chi connectivity index (χ1) is 12.2. The highest BCUT2D eigenvalue weighted by molar-refractivity contribution is 8.54. The molecule has 1 aromatic heterocycles. The third-order valence-electron chi connectivity index (χ3n) is 4.06. The molecule has 0 aliphatic rings. The van der Waals surface area contributed by atoms with E-state index in [0.29, 0.717) is 11.3 Å². The lowest BCUT2D eigenvalue weighted by atomic mass is 10.1. The summed E-state index contributed by atoms with van der Waals surface area (Å²) in [6, 6.07) is 22.8. The van der Waals surface area contributed by atoms with Crippen LogP contribution < -0.4 is 4.52 Å². The summed E-state index contributed by atoms with van der Waals surface area (Å²) < 4.78 is 7.46. The van der Waals surface area contributed by atoms with Gasteiger partial charge in [0.2, 0.25) is 17.6 Å². The monoisotopic (exact) mass is 382 g/mol. The quantitative estimate of drug-likeness (QED) is 0.371. The van der Waals surface area contributed by atoms with Crippen LogP contribution in [0.5, 0.6) is 5.75 Å². The molecular formula is C19H13NO2PS2+. The molecular weight excluding hydrogens is 369 g/mol. The van der Waals surface area contributed by atoms with Crippen molar-refractivity contribution >= 4 is 57.9 Å². The van der Waals surface area contributed by atoms with Crippen LogP contribution in [0.3, 0.4) is 0 Å². The van der Waals surface area contributed by atoms with Crippen molar-refractivity contribution < 1.29 is 9.32 Å². The summed E-state index contributed by atoms with van der Waals surface area (Å²) in [5, 5.41) is 1.96. The molecule has 0 radical (unpaired) electrons. The number of rotatable bonds is 3. The Morgan fingerprint density at radius 1 is 0.920 bits per heavy atom. The fraction of sp³-hybridized carbons (Fsp3) is 0. The number of hydrogen-bond donors (Lipinski definition) is 1. The first kappa shape index (κ1) is 16.3. The highest BCUT2D eigenvalue weighted by Crippen LogP contribution is 2.40. The number of thiol groups is 1. The Hall–Kier alpha value is -2.20. The van der Waals surface area contributed by atoms with E-state index in [1.807, 2.05) is 72.8 Å². The zero-order valence-electron chi connectivity index (χ0n) is 13.0. The summed E-state index contributed by atoms with van der Waals surface area (Å²) in [5.74, 6) is 0.477. The summed E-state index contributed by atoms with van der Waals surface area (Å²) in [4.78, 5) is 13.2. The molecule has 4 rings (SSSR count). The Labute approximate surface area is 155 Å². The molecule has 1 heterocycles. The van der Waals surface area contributed by atoms with Gasteiger partial charge >= 0.3 is 6.13 Å². The van der Waals surface area contributed by atoms with Crippen LogP contribution in [-0.2, 0) is 11.8 Å². The topological polar surface area (TPSA) is 31.2 Å². The average Bonchev–Trinajstić information content (AvgIpc) is 2.97. The van der Waals surface area contributed by atoms with Crippen molar-refractivity contribution in [2.24, 2.45) is 0 Å². The van der Waals surface area contributed by atoms with Gasteiger partial charge in [0.25, 0.3) is 5.91 Å². The van der Waals surface area contributed by atoms with E-state index in [0.717, 1.165) is 21.8 Å². The number of hydrogen-bond acceptors (Lipinski definition) is 3. The summed E-state index contributed by atoms with van der Waals surface area (Å²) in [5.41, 5.74) is 2.19. The number of nitrogens with zero attached hydrogens (tertiary/aromatic N) is 1. The second-order valence-electron chi connectivity index (χ2n) is 5.51. The van der Waals surface area contributed by atoms with Gasteiger partial charge in [-0.25, -0.2) is 0 Å². The maximum absolute atomic E-state index is 13.2. The van der Waals surface area contributed by atoms with E-state index < -0.39 is 6.13 Å². The maximum Gasteiger partial charge on any atom is 0.459 e. The second-order valence-corrected chi connectivity index (χ2v) is 9.06. The van der Waals surface area contributed by atoms with Crippen LogP contribution in [-0.4, -0.2) is 10.5 Å². The molecule has 0 saturated heterocycles. The molecule has 0 N–H and O–H groups in total. The predicted molar refractivity (Wildman–Crippen MR) is 110 cm³/mol. The van der Waals surface area contributed by atoms with Gasteiger partial charge in [-0.05, 0) is 24.3 Å². The summed E-state index contributed by atoms with van der Waals surface area (Å²) >= 11 is 9.34. The first-order valence-electron chi connectivity index (χ1n) is 7.63. The van der Waals surface area contributed by atoms with E-state index >= 15 is 0 Å². The Morgan fingerprint density at radius 2 is 1.60 bits per heavy atom. The lowest BCUT2D eigenvalue weighted by Gasteiger charge is -2.07. The molecule has 0 fully saturated rings. The van der Waals surface area contributed by atoms with E-state index in [-0.39, 0.29) is 5.91 Å². The number of para-hydroxylation sites is 2. The molecule has 122 valence electrons. The maximum atomic E-state index is 13.2. The molecule has 0 aliphatic carbocycles.